The van der Waals surface area contributed by atoms with Gasteiger partial charge in [-0.2, -0.15) is 5.10 Å². The van der Waals surface area contributed by atoms with Crippen LogP contribution in [0.4, 0.5) is 0 Å². The molecule has 0 aliphatic carbocycles. The monoisotopic (exact) mass is 421 g/mol. The largest absolute Gasteiger partial charge is 0.507 e. The van der Waals surface area contributed by atoms with E-state index in [0.717, 1.165) is 30.6 Å². The van der Waals surface area contributed by atoms with E-state index in [1.807, 2.05) is 30.3 Å². The van der Waals surface area contributed by atoms with Crippen LogP contribution in [0.2, 0.25) is 0 Å². The first kappa shape index (κ1) is 20.9. The molecule has 1 unspecified atom stereocenters. The number of unbranched alkanes of at least 4 members (excludes halogenated alkanes) is 2. The van der Waals surface area contributed by atoms with Gasteiger partial charge in [0.15, 0.2) is 0 Å². The number of rotatable bonds is 9. The standard InChI is InChI=1S/C24H27N3O4/c1-2-3-6-15-31-17-11-9-16(10-12-17)23-20-21(18-7-4-5-8-19(18)29)25-26-22(20)24(30)27(23)13-14-28/h4-5,7-12,23,28-29H,2-3,6,13-15H2,1H3,(H,25,26). The molecule has 1 aliphatic rings. The number of β-amino-alcohol motifs (C(OH)–C–C–N with tert-alkyl or cyclic N) is 1. The van der Waals surface area contributed by atoms with Gasteiger partial charge < -0.3 is 19.8 Å². The number of aromatic hydroxyl groups is 1. The van der Waals surface area contributed by atoms with Crippen molar-refractivity contribution >= 4 is 5.91 Å². The number of carbonyl (C=O) groups excluding carboxylic acids is 1. The van der Waals surface area contributed by atoms with Crippen molar-refractivity contribution in [1.29, 1.82) is 0 Å². The Hall–Kier alpha value is -3.32. The molecule has 0 bridgehead atoms. The molecule has 7 nitrogen and oxygen atoms in total. The number of H-pyrrole nitrogens is 1. The molecule has 1 aliphatic heterocycles. The summed E-state index contributed by atoms with van der Waals surface area (Å²) in [6, 6.07) is 14.2. The maximum Gasteiger partial charge on any atom is 0.273 e. The Balaban J connectivity index is 1.69. The number of para-hydroxylation sites is 1. The van der Waals surface area contributed by atoms with Crippen LogP contribution in [0.15, 0.2) is 48.5 Å². The zero-order chi connectivity index (χ0) is 21.8. The molecule has 2 heterocycles. The van der Waals surface area contributed by atoms with Crippen molar-refractivity contribution in [2.75, 3.05) is 19.8 Å². The summed E-state index contributed by atoms with van der Waals surface area (Å²) in [5, 5.41) is 27.1. The summed E-state index contributed by atoms with van der Waals surface area (Å²) in [5.41, 5.74) is 3.07. The molecule has 3 N–H and O–H groups in total. The van der Waals surface area contributed by atoms with E-state index >= 15 is 0 Å². The number of aliphatic hydroxyl groups excluding tert-OH is 1. The number of hydrogen-bond donors (Lipinski definition) is 3. The summed E-state index contributed by atoms with van der Waals surface area (Å²) in [5.74, 6) is 0.661. The van der Waals surface area contributed by atoms with E-state index in [1.165, 1.54) is 0 Å². The third-order valence-corrected chi connectivity index (χ3v) is 5.58. The SMILES string of the molecule is CCCCCOc1ccc(C2c3c(-c4ccccc4O)n[nH]c3C(=O)N2CCO)cc1. The van der Waals surface area contributed by atoms with E-state index < -0.39 is 6.04 Å². The van der Waals surface area contributed by atoms with Crippen LogP contribution in [0.5, 0.6) is 11.5 Å². The molecular weight excluding hydrogens is 394 g/mol. The van der Waals surface area contributed by atoms with Crippen LogP contribution in [0.1, 0.15) is 53.8 Å². The average molecular weight is 421 g/mol. The number of phenols is 1. The van der Waals surface area contributed by atoms with Crippen LogP contribution in [0.3, 0.4) is 0 Å². The number of fused-ring (bicyclic) bond motifs is 1. The third-order valence-electron chi connectivity index (χ3n) is 5.58. The van der Waals surface area contributed by atoms with Crippen molar-refractivity contribution in [3.05, 3.63) is 65.4 Å². The van der Waals surface area contributed by atoms with Gasteiger partial charge in [0, 0.05) is 17.7 Å². The van der Waals surface area contributed by atoms with Gasteiger partial charge in [-0.15, -0.1) is 0 Å². The Labute approximate surface area is 181 Å². The number of aromatic amines is 1. The number of ether oxygens (including phenoxy) is 1. The molecule has 0 saturated carbocycles. The predicted octanol–water partition coefficient (Wildman–Crippen LogP) is 3.89. The molecule has 3 aromatic rings. The van der Waals surface area contributed by atoms with Gasteiger partial charge in [-0.05, 0) is 36.2 Å². The minimum absolute atomic E-state index is 0.0967. The number of nitrogens with zero attached hydrogens (tertiary/aromatic N) is 2. The second-order valence-electron chi connectivity index (χ2n) is 7.63. The summed E-state index contributed by atoms with van der Waals surface area (Å²) in [7, 11) is 0. The van der Waals surface area contributed by atoms with Gasteiger partial charge in [-0.25, -0.2) is 0 Å². The number of phenolic OH excluding ortho intramolecular Hbond substituents is 1. The second-order valence-corrected chi connectivity index (χ2v) is 7.63. The molecule has 0 radical (unpaired) electrons. The maximum absolute atomic E-state index is 13.0. The number of carbonyl (C=O) groups is 1. The van der Waals surface area contributed by atoms with Crippen molar-refractivity contribution < 1.29 is 19.7 Å². The first-order chi connectivity index (χ1) is 15.2. The van der Waals surface area contributed by atoms with Gasteiger partial charge in [0.1, 0.15) is 22.9 Å². The lowest BCUT2D eigenvalue weighted by Crippen LogP contribution is -2.32. The van der Waals surface area contributed by atoms with Crippen LogP contribution >= 0.6 is 0 Å². The third kappa shape index (κ3) is 4.01. The number of amides is 1. The van der Waals surface area contributed by atoms with Crippen molar-refractivity contribution in [2.24, 2.45) is 0 Å². The maximum atomic E-state index is 13.0. The topological polar surface area (TPSA) is 98.7 Å². The zero-order valence-electron chi connectivity index (χ0n) is 17.5. The molecule has 31 heavy (non-hydrogen) atoms. The Morgan fingerprint density at radius 1 is 1.13 bits per heavy atom. The van der Waals surface area contributed by atoms with Gasteiger partial charge in [0.25, 0.3) is 5.91 Å². The molecule has 0 fully saturated rings. The van der Waals surface area contributed by atoms with E-state index in [2.05, 4.69) is 17.1 Å². The molecule has 2 aromatic carbocycles. The number of aromatic nitrogens is 2. The lowest BCUT2D eigenvalue weighted by Gasteiger charge is -2.25. The predicted molar refractivity (Wildman–Crippen MR) is 117 cm³/mol. The summed E-state index contributed by atoms with van der Waals surface area (Å²) in [6.45, 7) is 2.88. The summed E-state index contributed by atoms with van der Waals surface area (Å²) < 4.78 is 5.81. The van der Waals surface area contributed by atoms with Crippen LogP contribution < -0.4 is 4.74 Å². The van der Waals surface area contributed by atoms with Crippen molar-refractivity contribution in [2.45, 2.75) is 32.2 Å². The van der Waals surface area contributed by atoms with Gasteiger partial charge >= 0.3 is 0 Å². The fraction of sp³-hybridized carbons (Fsp3) is 0.333. The highest BCUT2D eigenvalue weighted by Crippen LogP contribution is 2.44. The van der Waals surface area contributed by atoms with Crippen LogP contribution in [0, 0.1) is 0 Å². The number of benzene rings is 2. The number of nitrogens with one attached hydrogen (secondary N) is 1. The van der Waals surface area contributed by atoms with E-state index in [0.29, 0.717) is 29.1 Å². The number of hydrogen-bond acceptors (Lipinski definition) is 5. The van der Waals surface area contributed by atoms with E-state index in [9.17, 15) is 15.0 Å². The van der Waals surface area contributed by atoms with Crippen LogP contribution in [0.25, 0.3) is 11.3 Å². The Morgan fingerprint density at radius 3 is 2.61 bits per heavy atom. The fourth-order valence-electron chi connectivity index (χ4n) is 4.05. The van der Waals surface area contributed by atoms with E-state index in [1.54, 1.807) is 23.1 Å². The highest BCUT2D eigenvalue weighted by molar-refractivity contribution is 6.00. The smallest absolute Gasteiger partial charge is 0.273 e. The second kappa shape index (κ2) is 9.22. The highest BCUT2D eigenvalue weighted by atomic mass is 16.5. The molecule has 7 heteroatoms. The van der Waals surface area contributed by atoms with Crippen molar-refractivity contribution in [3.63, 3.8) is 0 Å². The first-order valence-corrected chi connectivity index (χ1v) is 10.7. The van der Waals surface area contributed by atoms with Crippen LogP contribution in [-0.4, -0.2) is 51.0 Å². The minimum atomic E-state index is -0.419. The molecule has 162 valence electrons. The Kier molecular flexibility index (Phi) is 6.23. The summed E-state index contributed by atoms with van der Waals surface area (Å²) >= 11 is 0. The zero-order valence-corrected chi connectivity index (χ0v) is 17.5. The van der Waals surface area contributed by atoms with E-state index in [4.69, 9.17) is 4.74 Å². The average Bonchev–Trinajstić information content (AvgIpc) is 3.32. The first-order valence-electron chi connectivity index (χ1n) is 10.7. The van der Waals surface area contributed by atoms with E-state index in [-0.39, 0.29) is 24.8 Å². The lowest BCUT2D eigenvalue weighted by molar-refractivity contribution is 0.0706. The van der Waals surface area contributed by atoms with Gasteiger partial charge in [-0.3, -0.25) is 9.89 Å². The van der Waals surface area contributed by atoms with Crippen LogP contribution in [-0.2, 0) is 0 Å². The summed E-state index contributed by atoms with van der Waals surface area (Å²) in [6.07, 6.45) is 3.30. The molecule has 1 amide bonds. The highest BCUT2D eigenvalue weighted by Gasteiger charge is 2.42. The van der Waals surface area contributed by atoms with Crippen molar-refractivity contribution in [1.82, 2.24) is 15.1 Å². The molecular formula is C24H27N3O4. The quantitative estimate of drug-likeness (QED) is 0.455. The molecule has 1 atom stereocenters. The Bertz CT molecular complexity index is 1050. The minimum Gasteiger partial charge on any atom is -0.507 e. The van der Waals surface area contributed by atoms with Gasteiger partial charge in [-0.1, -0.05) is 44.0 Å². The summed E-state index contributed by atoms with van der Waals surface area (Å²) in [4.78, 5) is 14.7. The Morgan fingerprint density at radius 2 is 1.90 bits per heavy atom. The van der Waals surface area contributed by atoms with Gasteiger partial charge in [0.05, 0.1) is 19.3 Å². The van der Waals surface area contributed by atoms with Crippen molar-refractivity contribution in [3.8, 4) is 22.8 Å². The van der Waals surface area contributed by atoms with Gasteiger partial charge in [0.2, 0.25) is 0 Å². The lowest BCUT2D eigenvalue weighted by atomic mass is 9.95. The molecule has 0 saturated heterocycles. The number of aliphatic hydroxyl groups is 1. The fourth-order valence-corrected chi connectivity index (χ4v) is 4.05. The molecule has 1 aromatic heterocycles. The normalized spacial score (nSPS) is 15.4. The molecule has 4 rings (SSSR count). The molecule has 0 spiro atoms.